The lowest BCUT2D eigenvalue weighted by Gasteiger charge is -2.20. The van der Waals surface area contributed by atoms with E-state index in [2.05, 4.69) is 10.5 Å². The molecule has 4 nitrogen and oxygen atoms in total. The van der Waals surface area contributed by atoms with Crippen LogP contribution >= 0.6 is 0 Å². The largest absolute Gasteiger partial charge is 0.496 e. The number of nitrogens with zero attached hydrogens (tertiary/aromatic N) is 1. The second kappa shape index (κ2) is 4.76. The highest BCUT2D eigenvalue weighted by atomic mass is 19.1. The smallest absolute Gasteiger partial charge is 0.240 e. The summed E-state index contributed by atoms with van der Waals surface area (Å²) in [5.41, 5.74) is 3.82. The Kier molecular flexibility index (Phi) is 3.32. The molecule has 1 aliphatic rings. The third kappa shape index (κ3) is 2.08. The van der Waals surface area contributed by atoms with Crippen molar-refractivity contribution >= 4 is 11.6 Å². The lowest BCUT2D eigenvalue weighted by Crippen LogP contribution is -2.32. The van der Waals surface area contributed by atoms with Crippen molar-refractivity contribution in [2.75, 3.05) is 7.11 Å². The van der Waals surface area contributed by atoms with Crippen molar-refractivity contribution in [3.63, 3.8) is 0 Å². The van der Waals surface area contributed by atoms with E-state index in [9.17, 15) is 9.18 Å². The van der Waals surface area contributed by atoms with E-state index in [-0.39, 0.29) is 17.6 Å². The quantitative estimate of drug-likeness (QED) is 0.872. The van der Waals surface area contributed by atoms with Crippen LogP contribution in [0.3, 0.4) is 0 Å². The zero-order valence-electron chi connectivity index (χ0n) is 10.6. The molecule has 0 bridgehead atoms. The Morgan fingerprint density at radius 2 is 2.22 bits per heavy atom. The fourth-order valence-electron chi connectivity index (χ4n) is 2.07. The van der Waals surface area contributed by atoms with E-state index in [0.717, 1.165) is 0 Å². The van der Waals surface area contributed by atoms with Crippen LogP contribution in [0.25, 0.3) is 0 Å². The highest BCUT2D eigenvalue weighted by Crippen LogP contribution is 2.26. The van der Waals surface area contributed by atoms with Crippen molar-refractivity contribution < 1.29 is 13.9 Å². The molecule has 1 unspecified atom stereocenters. The molecule has 1 aromatic rings. The summed E-state index contributed by atoms with van der Waals surface area (Å²) >= 11 is 0. The molecule has 0 saturated heterocycles. The standard InChI is InChI=1S/C13H15FN2O2/c1-7-6-11(17)15-16-13(7)9-4-5-10(18-3)8(2)12(9)14/h4-5,7H,6H2,1-3H3,(H,15,17). The Morgan fingerprint density at radius 3 is 2.83 bits per heavy atom. The molecule has 0 fully saturated rings. The summed E-state index contributed by atoms with van der Waals surface area (Å²) < 4.78 is 19.3. The summed E-state index contributed by atoms with van der Waals surface area (Å²) in [7, 11) is 1.50. The third-order valence-electron chi connectivity index (χ3n) is 3.09. The molecule has 1 N–H and O–H groups in total. The Labute approximate surface area is 105 Å². The van der Waals surface area contributed by atoms with E-state index in [1.807, 2.05) is 6.92 Å². The van der Waals surface area contributed by atoms with Gasteiger partial charge in [-0.15, -0.1) is 0 Å². The van der Waals surface area contributed by atoms with Gasteiger partial charge in [0.05, 0.1) is 12.8 Å². The van der Waals surface area contributed by atoms with Crippen LogP contribution in [0.2, 0.25) is 0 Å². The van der Waals surface area contributed by atoms with Gasteiger partial charge in [0.25, 0.3) is 0 Å². The third-order valence-corrected chi connectivity index (χ3v) is 3.09. The van der Waals surface area contributed by atoms with E-state index in [1.165, 1.54) is 7.11 Å². The van der Waals surface area contributed by atoms with Crippen molar-refractivity contribution in [3.05, 3.63) is 29.1 Å². The Morgan fingerprint density at radius 1 is 1.50 bits per heavy atom. The molecule has 0 aromatic heterocycles. The maximum absolute atomic E-state index is 14.2. The molecule has 18 heavy (non-hydrogen) atoms. The number of hydrazone groups is 1. The maximum atomic E-state index is 14.2. The van der Waals surface area contributed by atoms with Gasteiger partial charge < -0.3 is 4.74 Å². The highest BCUT2D eigenvalue weighted by Gasteiger charge is 2.25. The molecule has 0 saturated carbocycles. The van der Waals surface area contributed by atoms with Gasteiger partial charge >= 0.3 is 0 Å². The predicted octanol–water partition coefficient (Wildman–Crippen LogP) is 2.00. The minimum absolute atomic E-state index is 0.0963. The second-order valence-electron chi connectivity index (χ2n) is 4.39. The average Bonchev–Trinajstić information content (AvgIpc) is 2.34. The monoisotopic (exact) mass is 250 g/mol. The highest BCUT2D eigenvalue weighted by molar-refractivity contribution is 6.06. The minimum atomic E-state index is -0.351. The number of amides is 1. The number of ether oxygens (including phenoxy) is 1. The van der Waals surface area contributed by atoms with Gasteiger partial charge in [-0.25, -0.2) is 9.82 Å². The Balaban J connectivity index is 2.46. The molecule has 1 amide bonds. The van der Waals surface area contributed by atoms with Gasteiger partial charge in [0, 0.05) is 23.5 Å². The Bertz CT molecular complexity index is 526. The molecule has 0 spiro atoms. The molecular weight excluding hydrogens is 235 g/mol. The van der Waals surface area contributed by atoms with Gasteiger partial charge in [-0.1, -0.05) is 6.92 Å². The zero-order valence-corrected chi connectivity index (χ0v) is 10.6. The number of hydrogen-bond donors (Lipinski definition) is 1. The normalized spacial score (nSPS) is 19.2. The van der Waals surface area contributed by atoms with Gasteiger partial charge in [0.15, 0.2) is 0 Å². The topological polar surface area (TPSA) is 50.7 Å². The molecule has 1 aromatic carbocycles. The van der Waals surface area contributed by atoms with Gasteiger partial charge in [-0.3, -0.25) is 4.79 Å². The van der Waals surface area contributed by atoms with Gasteiger partial charge in [0.1, 0.15) is 11.6 Å². The van der Waals surface area contributed by atoms with Crippen LogP contribution in [0.15, 0.2) is 17.2 Å². The Hall–Kier alpha value is -1.91. The number of benzene rings is 1. The van der Waals surface area contributed by atoms with Gasteiger partial charge in [-0.2, -0.15) is 5.10 Å². The number of hydrogen-bond acceptors (Lipinski definition) is 3. The number of rotatable bonds is 2. The molecular formula is C13H15FN2O2. The predicted molar refractivity (Wildman–Crippen MR) is 66.1 cm³/mol. The van der Waals surface area contributed by atoms with Gasteiger partial charge in [-0.05, 0) is 19.1 Å². The summed E-state index contributed by atoms with van der Waals surface area (Å²) in [6.45, 7) is 3.51. The van der Waals surface area contributed by atoms with E-state index in [1.54, 1.807) is 19.1 Å². The van der Waals surface area contributed by atoms with Crippen LogP contribution in [-0.4, -0.2) is 18.7 Å². The molecule has 2 rings (SSSR count). The summed E-state index contributed by atoms with van der Waals surface area (Å²) in [6.07, 6.45) is 0.323. The summed E-state index contributed by atoms with van der Waals surface area (Å²) in [4.78, 5) is 11.2. The van der Waals surface area contributed by atoms with Crippen molar-refractivity contribution in [1.29, 1.82) is 0 Å². The zero-order chi connectivity index (χ0) is 13.3. The van der Waals surface area contributed by atoms with E-state index < -0.39 is 0 Å². The molecule has 1 heterocycles. The van der Waals surface area contributed by atoms with Crippen LogP contribution in [0.4, 0.5) is 4.39 Å². The van der Waals surface area contributed by atoms with Crippen LogP contribution in [0.5, 0.6) is 5.75 Å². The first-order valence-electron chi connectivity index (χ1n) is 5.74. The summed E-state index contributed by atoms with van der Waals surface area (Å²) in [6, 6.07) is 3.34. The van der Waals surface area contributed by atoms with Crippen LogP contribution in [0.1, 0.15) is 24.5 Å². The van der Waals surface area contributed by atoms with E-state index >= 15 is 0 Å². The maximum Gasteiger partial charge on any atom is 0.240 e. The van der Waals surface area contributed by atoms with Crippen molar-refractivity contribution in [1.82, 2.24) is 5.43 Å². The first-order chi connectivity index (χ1) is 8.54. The average molecular weight is 250 g/mol. The van der Waals surface area contributed by atoms with Gasteiger partial charge in [0.2, 0.25) is 5.91 Å². The number of carbonyl (C=O) groups is 1. The second-order valence-corrected chi connectivity index (χ2v) is 4.39. The van der Waals surface area contributed by atoms with Crippen molar-refractivity contribution in [2.24, 2.45) is 11.0 Å². The summed E-state index contributed by atoms with van der Waals surface area (Å²) in [5.74, 6) is -0.0848. The molecule has 0 aliphatic carbocycles. The SMILES string of the molecule is COc1ccc(C2=NNC(=O)CC2C)c(F)c1C. The number of halogens is 1. The fourth-order valence-corrected chi connectivity index (χ4v) is 2.07. The molecule has 0 radical (unpaired) electrons. The van der Waals surface area contributed by atoms with Crippen LogP contribution in [-0.2, 0) is 4.79 Å². The summed E-state index contributed by atoms with van der Waals surface area (Å²) in [5, 5.41) is 3.96. The molecule has 96 valence electrons. The number of carbonyl (C=O) groups excluding carboxylic acids is 1. The van der Waals surface area contributed by atoms with Crippen LogP contribution in [0, 0.1) is 18.7 Å². The number of methoxy groups -OCH3 is 1. The van der Waals surface area contributed by atoms with Crippen molar-refractivity contribution in [3.8, 4) is 5.75 Å². The first kappa shape index (κ1) is 12.5. The molecule has 1 aliphatic heterocycles. The van der Waals surface area contributed by atoms with E-state index in [4.69, 9.17) is 4.74 Å². The number of nitrogens with one attached hydrogen (secondary N) is 1. The van der Waals surface area contributed by atoms with E-state index in [0.29, 0.717) is 29.0 Å². The molecule has 1 atom stereocenters. The minimum Gasteiger partial charge on any atom is -0.496 e. The lowest BCUT2D eigenvalue weighted by atomic mass is 9.92. The molecule has 5 heteroatoms. The first-order valence-corrected chi connectivity index (χ1v) is 5.74. The fraction of sp³-hybridized carbons (Fsp3) is 0.385. The van der Waals surface area contributed by atoms with Crippen molar-refractivity contribution in [2.45, 2.75) is 20.3 Å². The lowest BCUT2D eigenvalue weighted by molar-refractivity contribution is -0.121. The van der Waals surface area contributed by atoms with Crippen LogP contribution < -0.4 is 10.2 Å².